The van der Waals surface area contributed by atoms with E-state index < -0.39 is 0 Å². The molecule has 1 aromatic heterocycles. The van der Waals surface area contributed by atoms with E-state index in [4.69, 9.17) is 5.73 Å². The maximum Gasteiger partial charge on any atom is 0.124 e. The Hall–Kier alpha value is -0.520. The minimum atomic E-state index is -0.247. The average Bonchev–Trinajstić information content (AvgIpc) is 2.66. The van der Waals surface area contributed by atoms with E-state index in [0.717, 1.165) is 14.4 Å². The lowest BCUT2D eigenvalue weighted by Gasteiger charge is -2.04. The Morgan fingerprint density at radius 2 is 2.19 bits per heavy atom. The first kappa shape index (κ1) is 12.0. The average molecular weight is 318 g/mol. The lowest BCUT2D eigenvalue weighted by Crippen LogP contribution is -1.89. The Bertz CT molecular complexity index is 498. The van der Waals surface area contributed by atoms with Gasteiger partial charge >= 0.3 is 0 Å². The third-order valence-electron chi connectivity index (χ3n) is 1.99. The zero-order valence-corrected chi connectivity index (χ0v) is 11.5. The van der Waals surface area contributed by atoms with Gasteiger partial charge in [-0.2, -0.15) is 0 Å². The van der Waals surface area contributed by atoms with Crippen LogP contribution in [0.1, 0.15) is 5.56 Å². The number of hydrogen-bond acceptors (Lipinski definition) is 3. The van der Waals surface area contributed by atoms with Crippen molar-refractivity contribution < 1.29 is 4.39 Å². The van der Waals surface area contributed by atoms with Crippen LogP contribution in [0.15, 0.2) is 38.3 Å². The number of benzene rings is 1. The normalized spacial score (nSPS) is 10.6. The predicted molar refractivity (Wildman–Crippen MR) is 72.4 cm³/mol. The highest BCUT2D eigenvalue weighted by atomic mass is 79.9. The Balaban J connectivity index is 2.07. The lowest BCUT2D eigenvalue weighted by atomic mass is 10.3. The molecule has 0 saturated carbocycles. The summed E-state index contributed by atoms with van der Waals surface area (Å²) in [7, 11) is 0. The van der Waals surface area contributed by atoms with Crippen molar-refractivity contribution >= 4 is 44.7 Å². The van der Waals surface area contributed by atoms with E-state index in [2.05, 4.69) is 27.4 Å². The molecule has 16 heavy (non-hydrogen) atoms. The summed E-state index contributed by atoms with van der Waals surface area (Å²) in [6.07, 6.45) is 0. The van der Waals surface area contributed by atoms with E-state index in [1.165, 1.54) is 17.7 Å². The monoisotopic (exact) mass is 317 g/mol. The first-order valence-electron chi connectivity index (χ1n) is 4.56. The number of thioether (sulfide) groups is 1. The molecule has 1 heterocycles. The van der Waals surface area contributed by atoms with Crippen LogP contribution in [0.5, 0.6) is 0 Å². The van der Waals surface area contributed by atoms with Gasteiger partial charge in [-0.1, -0.05) is 0 Å². The molecule has 5 heteroatoms. The fourth-order valence-corrected chi connectivity index (χ4v) is 3.45. The number of halogens is 2. The topological polar surface area (TPSA) is 26.0 Å². The fraction of sp³-hybridized carbons (Fsp3) is 0.0909. The summed E-state index contributed by atoms with van der Waals surface area (Å²) in [5.74, 6) is 0.554. The molecule has 0 spiro atoms. The Morgan fingerprint density at radius 1 is 1.38 bits per heavy atom. The maximum absolute atomic E-state index is 13.0. The molecule has 0 saturated heterocycles. The van der Waals surface area contributed by atoms with Gasteiger partial charge in [0.1, 0.15) is 5.82 Å². The molecule has 0 radical (unpaired) electrons. The largest absolute Gasteiger partial charge is 0.398 e. The van der Waals surface area contributed by atoms with Crippen LogP contribution in [-0.4, -0.2) is 0 Å². The molecular weight excluding hydrogens is 309 g/mol. The van der Waals surface area contributed by atoms with E-state index in [-0.39, 0.29) is 5.82 Å². The number of thiophene rings is 1. The summed E-state index contributed by atoms with van der Waals surface area (Å²) in [5.41, 5.74) is 7.60. The highest BCUT2D eigenvalue weighted by Gasteiger charge is 2.03. The van der Waals surface area contributed by atoms with Crippen molar-refractivity contribution in [2.24, 2.45) is 0 Å². The zero-order valence-electron chi connectivity index (χ0n) is 8.24. The summed E-state index contributed by atoms with van der Waals surface area (Å²) in [6.45, 7) is 0. The molecule has 0 aliphatic heterocycles. The number of rotatable bonds is 3. The van der Waals surface area contributed by atoms with E-state index >= 15 is 0 Å². The van der Waals surface area contributed by atoms with Crippen molar-refractivity contribution in [2.45, 2.75) is 10.6 Å². The molecule has 0 unspecified atom stereocenters. The molecule has 2 aromatic rings. The standard InChI is InChI=1S/C11H9BrFNS2/c12-11-3-7(6-16-11)5-15-10-4-8(13)1-2-9(10)14/h1-4,6H,5,14H2. The van der Waals surface area contributed by atoms with Crippen molar-refractivity contribution in [2.75, 3.05) is 5.73 Å². The summed E-state index contributed by atoms with van der Waals surface area (Å²) in [4.78, 5) is 0.794. The fourth-order valence-electron chi connectivity index (χ4n) is 1.22. The van der Waals surface area contributed by atoms with Crippen molar-refractivity contribution in [3.63, 3.8) is 0 Å². The predicted octanol–water partition coefficient (Wildman–Crippen LogP) is 4.52. The minimum absolute atomic E-state index is 0.247. The lowest BCUT2D eigenvalue weighted by molar-refractivity contribution is 0.624. The smallest absolute Gasteiger partial charge is 0.124 e. The van der Waals surface area contributed by atoms with E-state index in [1.807, 2.05) is 0 Å². The van der Waals surface area contributed by atoms with Crippen LogP contribution in [0.4, 0.5) is 10.1 Å². The van der Waals surface area contributed by atoms with Crippen LogP contribution in [0.3, 0.4) is 0 Å². The molecule has 1 aromatic carbocycles. The third-order valence-corrected chi connectivity index (χ3v) is 4.69. The van der Waals surface area contributed by atoms with Gasteiger partial charge in [-0.3, -0.25) is 0 Å². The molecule has 84 valence electrons. The summed E-state index contributed by atoms with van der Waals surface area (Å²) in [6, 6.07) is 6.51. The molecule has 0 amide bonds. The third kappa shape index (κ3) is 2.99. The van der Waals surface area contributed by atoms with Gasteiger partial charge in [0.15, 0.2) is 0 Å². The summed E-state index contributed by atoms with van der Waals surface area (Å²) < 4.78 is 14.1. The van der Waals surface area contributed by atoms with E-state index in [1.54, 1.807) is 29.2 Å². The molecule has 2 rings (SSSR count). The van der Waals surface area contributed by atoms with Crippen molar-refractivity contribution in [1.29, 1.82) is 0 Å². The zero-order chi connectivity index (χ0) is 11.5. The van der Waals surface area contributed by atoms with Crippen LogP contribution in [0.25, 0.3) is 0 Å². The van der Waals surface area contributed by atoms with Gasteiger partial charge < -0.3 is 5.73 Å². The first-order chi connectivity index (χ1) is 7.65. The second-order valence-corrected chi connectivity index (χ2v) is 6.54. The van der Waals surface area contributed by atoms with Gasteiger partial charge in [-0.25, -0.2) is 4.39 Å². The number of nitrogen functional groups attached to an aromatic ring is 1. The SMILES string of the molecule is Nc1ccc(F)cc1SCc1csc(Br)c1. The molecular formula is C11H9BrFNS2. The Morgan fingerprint density at radius 3 is 2.88 bits per heavy atom. The number of hydrogen-bond donors (Lipinski definition) is 1. The van der Waals surface area contributed by atoms with Crippen LogP contribution in [0, 0.1) is 5.82 Å². The molecule has 0 fully saturated rings. The number of anilines is 1. The highest BCUT2D eigenvalue weighted by Crippen LogP contribution is 2.31. The van der Waals surface area contributed by atoms with Crippen LogP contribution in [-0.2, 0) is 5.75 Å². The van der Waals surface area contributed by atoms with Gasteiger partial charge in [0, 0.05) is 16.3 Å². The quantitative estimate of drug-likeness (QED) is 0.665. The van der Waals surface area contributed by atoms with E-state index in [0.29, 0.717) is 5.69 Å². The minimum Gasteiger partial charge on any atom is -0.398 e. The molecule has 0 aliphatic rings. The summed E-state index contributed by atoms with van der Waals surface area (Å²) >= 11 is 6.60. The summed E-state index contributed by atoms with van der Waals surface area (Å²) in [5, 5.41) is 2.08. The molecule has 2 N–H and O–H groups in total. The van der Waals surface area contributed by atoms with Gasteiger partial charge in [0.05, 0.1) is 3.79 Å². The maximum atomic E-state index is 13.0. The Labute approximate surface area is 110 Å². The van der Waals surface area contributed by atoms with Crippen LogP contribution >= 0.6 is 39.0 Å². The molecule has 0 aliphatic carbocycles. The van der Waals surface area contributed by atoms with Gasteiger partial charge in [0.25, 0.3) is 0 Å². The van der Waals surface area contributed by atoms with E-state index in [9.17, 15) is 4.39 Å². The van der Waals surface area contributed by atoms with Crippen LogP contribution < -0.4 is 5.73 Å². The van der Waals surface area contributed by atoms with Crippen LogP contribution in [0.2, 0.25) is 0 Å². The molecule has 1 nitrogen and oxygen atoms in total. The van der Waals surface area contributed by atoms with Crippen molar-refractivity contribution in [1.82, 2.24) is 0 Å². The molecule has 0 atom stereocenters. The van der Waals surface area contributed by atoms with Gasteiger partial charge in [-0.15, -0.1) is 23.1 Å². The van der Waals surface area contributed by atoms with Crippen molar-refractivity contribution in [3.8, 4) is 0 Å². The Kier molecular flexibility index (Phi) is 3.89. The second kappa shape index (κ2) is 5.21. The first-order valence-corrected chi connectivity index (χ1v) is 7.22. The molecule has 0 bridgehead atoms. The van der Waals surface area contributed by atoms with Gasteiger partial charge in [-0.05, 0) is 51.1 Å². The highest BCUT2D eigenvalue weighted by molar-refractivity contribution is 9.11. The number of nitrogens with two attached hydrogens (primary N) is 1. The van der Waals surface area contributed by atoms with Crippen molar-refractivity contribution in [3.05, 3.63) is 44.8 Å². The second-order valence-electron chi connectivity index (χ2n) is 3.23. The van der Waals surface area contributed by atoms with Gasteiger partial charge in [0.2, 0.25) is 0 Å².